The fourth-order valence-electron chi connectivity index (χ4n) is 10.3. The van der Waals surface area contributed by atoms with Crippen molar-refractivity contribution in [3.8, 4) is 0 Å². The van der Waals surface area contributed by atoms with E-state index in [4.69, 9.17) is 9.47 Å². The molecule has 0 aliphatic carbocycles. The van der Waals surface area contributed by atoms with E-state index in [-0.39, 0.29) is 25.2 Å². The average Bonchev–Trinajstić information content (AvgIpc) is 3.38. The predicted octanol–water partition coefficient (Wildman–Crippen LogP) is 22.4. The van der Waals surface area contributed by atoms with Crippen molar-refractivity contribution in [3.63, 3.8) is 0 Å². The van der Waals surface area contributed by atoms with E-state index in [9.17, 15) is 14.7 Å². The molecule has 1 unspecified atom stereocenters. The highest BCUT2D eigenvalue weighted by Crippen LogP contribution is 2.18. The van der Waals surface area contributed by atoms with E-state index in [1.807, 2.05) is 0 Å². The predicted molar refractivity (Wildman–Crippen MR) is 316 cm³/mol. The standard InChI is InChI=1S/C67H128O5/c1-3-5-7-9-11-13-15-17-19-21-23-25-26-27-28-29-30-31-32-33-34-35-36-37-38-39-40-42-44-46-48-50-52-54-56-58-60-62-67(70)72-65(63-68)64-71-66(69)61-59-57-55-53-51-49-47-45-43-41-24-22-20-18-16-14-12-10-8-6-4-2/h21-24,65,68H,3-20,25-64H2,1-2H3/b23-21-,24-22-. The molecule has 426 valence electrons. The second-order valence-electron chi connectivity index (χ2n) is 22.5. The Labute approximate surface area is 451 Å². The molecule has 0 aliphatic rings. The first kappa shape index (κ1) is 70.4. The van der Waals surface area contributed by atoms with Gasteiger partial charge in [0.25, 0.3) is 0 Å². The molecule has 1 atom stereocenters. The van der Waals surface area contributed by atoms with E-state index in [0.29, 0.717) is 12.8 Å². The summed E-state index contributed by atoms with van der Waals surface area (Å²) >= 11 is 0. The summed E-state index contributed by atoms with van der Waals surface area (Å²) in [4.78, 5) is 24.6. The van der Waals surface area contributed by atoms with Gasteiger partial charge in [-0.2, -0.15) is 0 Å². The third-order valence-electron chi connectivity index (χ3n) is 15.2. The lowest BCUT2D eigenvalue weighted by molar-refractivity contribution is -0.161. The van der Waals surface area contributed by atoms with Crippen LogP contribution in [0.1, 0.15) is 373 Å². The zero-order valence-electron chi connectivity index (χ0n) is 49.0. The SMILES string of the molecule is CCCCCCCCCC/C=C\CCCCCCCCCCCCCCCCCCCCCCCCCCCC(=O)OC(CO)COC(=O)CCCCCCCCCCC/C=C\CCCCCCCCCC. The first-order chi connectivity index (χ1) is 35.6. The summed E-state index contributed by atoms with van der Waals surface area (Å²) in [6.07, 6.45) is 82.1. The molecule has 0 radical (unpaired) electrons. The summed E-state index contributed by atoms with van der Waals surface area (Å²) in [5, 5.41) is 9.68. The second-order valence-corrected chi connectivity index (χ2v) is 22.5. The monoisotopic (exact) mass is 1010 g/mol. The topological polar surface area (TPSA) is 72.8 Å². The smallest absolute Gasteiger partial charge is 0.306 e. The number of aliphatic hydroxyl groups excluding tert-OH is 1. The number of rotatable bonds is 62. The molecule has 72 heavy (non-hydrogen) atoms. The number of carbonyl (C=O) groups is 2. The molecule has 0 bridgehead atoms. The molecule has 0 aromatic rings. The Kier molecular flexibility index (Phi) is 62.2. The van der Waals surface area contributed by atoms with Gasteiger partial charge in [-0.3, -0.25) is 9.59 Å². The van der Waals surface area contributed by atoms with E-state index in [2.05, 4.69) is 38.2 Å². The molecule has 0 saturated carbocycles. The second kappa shape index (κ2) is 63.7. The summed E-state index contributed by atoms with van der Waals surface area (Å²) in [5.74, 6) is -0.571. The maximum Gasteiger partial charge on any atom is 0.306 e. The minimum Gasteiger partial charge on any atom is -0.462 e. The third kappa shape index (κ3) is 60.9. The molecule has 0 saturated heterocycles. The van der Waals surface area contributed by atoms with Crippen molar-refractivity contribution in [2.24, 2.45) is 0 Å². The van der Waals surface area contributed by atoms with Crippen LogP contribution in [0.15, 0.2) is 24.3 Å². The van der Waals surface area contributed by atoms with Crippen LogP contribution in [0.2, 0.25) is 0 Å². The summed E-state index contributed by atoms with van der Waals surface area (Å²) in [5.41, 5.74) is 0. The maximum absolute atomic E-state index is 12.3. The normalized spacial score (nSPS) is 12.2. The molecule has 0 rings (SSSR count). The molecule has 5 heteroatoms. The Morgan fingerprint density at radius 1 is 0.306 bits per heavy atom. The van der Waals surface area contributed by atoms with Crippen LogP contribution in [0.4, 0.5) is 0 Å². The van der Waals surface area contributed by atoms with Gasteiger partial charge in [0.15, 0.2) is 6.10 Å². The number of aliphatic hydroxyl groups is 1. The number of esters is 2. The van der Waals surface area contributed by atoms with Gasteiger partial charge in [0, 0.05) is 12.8 Å². The molecule has 1 N–H and O–H groups in total. The molecule has 0 spiro atoms. The van der Waals surface area contributed by atoms with E-state index in [1.165, 1.54) is 308 Å². The fraction of sp³-hybridized carbons (Fsp3) is 0.910. The molecular formula is C67H128O5. The third-order valence-corrected chi connectivity index (χ3v) is 15.2. The van der Waals surface area contributed by atoms with Crippen LogP contribution in [-0.4, -0.2) is 36.4 Å². The first-order valence-electron chi connectivity index (χ1n) is 32.9. The van der Waals surface area contributed by atoms with Crippen molar-refractivity contribution in [3.05, 3.63) is 24.3 Å². The molecule has 5 nitrogen and oxygen atoms in total. The fourth-order valence-corrected chi connectivity index (χ4v) is 10.3. The Bertz CT molecular complexity index is 1100. The average molecular weight is 1010 g/mol. The lowest BCUT2D eigenvalue weighted by Gasteiger charge is -2.15. The van der Waals surface area contributed by atoms with E-state index in [1.54, 1.807) is 0 Å². The lowest BCUT2D eigenvalue weighted by atomic mass is 10.0. The van der Waals surface area contributed by atoms with Gasteiger partial charge in [0.2, 0.25) is 0 Å². The van der Waals surface area contributed by atoms with Gasteiger partial charge in [-0.25, -0.2) is 0 Å². The molecule has 0 aromatic carbocycles. The molecule has 0 amide bonds. The number of ether oxygens (including phenoxy) is 2. The Morgan fingerprint density at radius 3 is 0.750 bits per heavy atom. The molecule has 0 fully saturated rings. The number of unbranched alkanes of at least 4 members (excludes halogenated alkanes) is 50. The van der Waals surface area contributed by atoms with Gasteiger partial charge in [-0.1, -0.05) is 321 Å². The van der Waals surface area contributed by atoms with Crippen molar-refractivity contribution in [2.45, 2.75) is 380 Å². The van der Waals surface area contributed by atoms with Crippen LogP contribution < -0.4 is 0 Å². The van der Waals surface area contributed by atoms with Crippen molar-refractivity contribution in [2.75, 3.05) is 13.2 Å². The largest absolute Gasteiger partial charge is 0.462 e. The molecule has 0 heterocycles. The first-order valence-corrected chi connectivity index (χ1v) is 32.9. The molecular weight excluding hydrogens is 885 g/mol. The van der Waals surface area contributed by atoms with E-state index < -0.39 is 6.10 Å². The van der Waals surface area contributed by atoms with Crippen molar-refractivity contribution < 1.29 is 24.2 Å². The van der Waals surface area contributed by atoms with Crippen LogP contribution >= 0.6 is 0 Å². The van der Waals surface area contributed by atoms with Gasteiger partial charge < -0.3 is 14.6 Å². The number of carbonyl (C=O) groups excluding carboxylic acids is 2. The maximum atomic E-state index is 12.3. The van der Waals surface area contributed by atoms with Gasteiger partial charge >= 0.3 is 11.9 Å². The zero-order chi connectivity index (χ0) is 52.0. The number of hydrogen-bond acceptors (Lipinski definition) is 5. The van der Waals surface area contributed by atoms with Gasteiger partial charge in [-0.15, -0.1) is 0 Å². The summed E-state index contributed by atoms with van der Waals surface area (Å²) in [6.45, 7) is 4.20. The Morgan fingerprint density at radius 2 is 0.514 bits per heavy atom. The quantitative estimate of drug-likeness (QED) is 0.0373. The van der Waals surface area contributed by atoms with Gasteiger partial charge in [0.1, 0.15) is 6.61 Å². The Hall–Kier alpha value is -1.62. The molecule has 0 aromatic heterocycles. The van der Waals surface area contributed by atoms with Crippen molar-refractivity contribution >= 4 is 11.9 Å². The summed E-state index contributed by atoms with van der Waals surface area (Å²) in [6, 6.07) is 0. The van der Waals surface area contributed by atoms with Crippen LogP contribution in [0, 0.1) is 0 Å². The van der Waals surface area contributed by atoms with E-state index >= 15 is 0 Å². The number of allylic oxidation sites excluding steroid dienone is 4. The summed E-state index contributed by atoms with van der Waals surface area (Å²) < 4.78 is 10.7. The summed E-state index contributed by atoms with van der Waals surface area (Å²) in [7, 11) is 0. The van der Waals surface area contributed by atoms with Crippen molar-refractivity contribution in [1.29, 1.82) is 0 Å². The highest BCUT2D eigenvalue weighted by Gasteiger charge is 2.16. The zero-order valence-corrected chi connectivity index (χ0v) is 49.0. The lowest BCUT2D eigenvalue weighted by Crippen LogP contribution is -2.28. The highest BCUT2D eigenvalue weighted by atomic mass is 16.6. The van der Waals surface area contributed by atoms with Crippen LogP contribution in [-0.2, 0) is 19.1 Å². The minimum atomic E-state index is -0.770. The van der Waals surface area contributed by atoms with Crippen LogP contribution in [0.25, 0.3) is 0 Å². The van der Waals surface area contributed by atoms with Crippen molar-refractivity contribution in [1.82, 2.24) is 0 Å². The van der Waals surface area contributed by atoms with E-state index in [0.717, 1.165) is 38.5 Å². The van der Waals surface area contributed by atoms with Gasteiger partial charge in [0.05, 0.1) is 6.61 Å². The number of hydrogen-bond donors (Lipinski definition) is 1. The van der Waals surface area contributed by atoms with Crippen LogP contribution in [0.5, 0.6) is 0 Å². The molecule has 0 aliphatic heterocycles. The Balaban J connectivity index is 3.37. The van der Waals surface area contributed by atoms with Gasteiger partial charge in [-0.05, 0) is 64.2 Å². The highest BCUT2D eigenvalue weighted by molar-refractivity contribution is 5.70. The van der Waals surface area contributed by atoms with Crippen LogP contribution in [0.3, 0.4) is 0 Å². The minimum absolute atomic E-state index is 0.0606.